The molecule has 0 saturated carbocycles. The minimum Gasteiger partial charge on any atom is -0.352 e. The van der Waals surface area contributed by atoms with Crippen LogP contribution in [0.5, 0.6) is 0 Å². The Hall–Kier alpha value is -2.71. The van der Waals surface area contributed by atoms with Crippen molar-refractivity contribution in [1.29, 1.82) is 0 Å². The molecule has 1 N–H and O–H groups in total. The van der Waals surface area contributed by atoms with Crippen LogP contribution in [0.25, 0.3) is 5.69 Å². The van der Waals surface area contributed by atoms with Gasteiger partial charge in [-0.15, -0.1) is 0 Å². The number of nitrogens with one attached hydrogen (secondary N) is 1. The van der Waals surface area contributed by atoms with Crippen molar-refractivity contribution in [2.24, 2.45) is 5.92 Å². The van der Waals surface area contributed by atoms with E-state index in [4.69, 9.17) is 23.2 Å². The molecule has 156 valence electrons. The monoisotopic (exact) mass is 445 g/mol. The van der Waals surface area contributed by atoms with Gasteiger partial charge in [-0.2, -0.15) is 15.0 Å². The molecular formula is C20H21Cl2N7O. The zero-order valence-corrected chi connectivity index (χ0v) is 17.9. The molecule has 2 aromatic heterocycles. The number of rotatable bonds is 5. The van der Waals surface area contributed by atoms with Crippen molar-refractivity contribution in [3.63, 3.8) is 0 Å². The maximum absolute atomic E-state index is 13.6. The highest BCUT2D eigenvalue weighted by molar-refractivity contribution is 6.31. The number of nitrogens with zero attached hydrogens (tertiary/aromatic N) is 6. The van der Waals surface area contributed by atoms with E-state index in [-0.39, 0.29) is 11.9 Å². The molecule has 4 rings (SSSR count). The average Bonchev–Trinajstić information content (AvgIpc) is 3.28. The third-order valence-corrected chi connectivity index (χ3v) is 5.72. The Balaban J connectivity index is 1.59. The molecule has 10 heteroatoms. The average molecular weight is 446 g/mol. The molecular weight excluding hydrogens is 425 g/mol. The van der Waals surface area contributed by atoms with E-state index < -0.39 is 0 Å². The molecule has 8 nitrogen and oxygen atoms in total. The lowest BCUT2D eigenvalue weighted by molar-refractivity contribution is 0.0539. The van der Waals surface area contributed by atoms with Crippen LogP contribution >= 0.6 is 23.2 Å². The van der Waals surface area contributed by atoms with Gasteiger partial charge in [0, 0.05) is 18.1 Å². The Kier molecular flexibility index (Phi) is 6.15. The van der Waals surface area contributed by atoms with Crippen LogP contribution in [0.3, 0.4) is 0 Å². The van der Waals surface area contributed by atoms with Gasteiger partial charge in [0.1, 0.15) is 0 Å². The van der Waals surface area contributed by atoms with Crippen molar-refractivity contribution < 1.29 is 4.79 Å². The van der Waals surface area contributed by atoms with Crippen molar-refractivity contribution in [2.45, 2.75) is 25.8 Å². The smallest absolute Gasteiger partial charge is 0.256 e. The summed E-state index contributed by atoms with van der Waals surface area (Å²) >= 11 is 12.0. The van der Waals surface area contributed by atoms with Gasteiger partial charge < -0.3 is 10.2 Å². The summed E-state index contributed by atoms with van der Waals surface area (Å²) in [5, 5.41) is 12.6. The van der Waals surface area contributed by atoms with Crippen LogP contribution in [-0.4, -0.2) is 54.9 Å². The number of aromatic nitrogens is 5. The van der Waals surface area contributed by atoms with E-state index >= 15 is 0 Å². The molecule has 1 aliphatic heterocycles. The van der Waals surface area contributed by atoms with Crippen molar-refractivity contribution in [3.8, 4) is 5.69 Å². The minimum absolute atomic E-state index is 0.0142. The van der Waals surface area contributed by atoms with Gasteiger partial charge in [-0.1, -0.05) is 30.1 Å². The highest BCUT2D eigenvalue weighted by Gasteiger charge is 2.33. The molecule has 3 aromatic rings. The van der Waals surface area contributed by atoms with E-state index in [9.17, 15) is 4.79 Å². The fourth-order valence-electron chi connectivity index (χ4n) is 3.76. The fraction of sp³-hybridized carbons (Fsp3) is 0.350. The number of hydrogen-bond acceptors (Lipinski definition) is 6. The Labute approximate surface area is 184 Å². The summed E-state index contributed by atoms with van der Waals surface area (Å²) in [5.41, 5.74) is 1.07. The van der Waals surface area contributed by atoms with Gasteiger partial charge in [-0.25, -0.2) is 9.97 Å². The predicted octanol–water partition coefficient (Wildman–Crippen LogP) is 3.72. The second-order valence-electron chi connectivity index (χ2n) is 7.27. The number of carbonyl (C=O) groups excluding carboxylic acids is 1. The number of hydrogen-bond donors (Lipinski definition) is 1. The molecule has 30 heavy (non-hydrogen) atoms. The van der Waals surface area contributed by atoms with E-state index in [1.807, 2.05) is 4.90 Å². The fourth-order valence-corrected chi connectivity index (χ4v) is 4.02. The standard InChI is InChI=1S/C20H21Cl2N7O/c1-13-3-2-8-28(18(13)12-25-20-23-10-15(22)11-24-20)19(30)16-5-4-14(21)9-17(16)29-26-6-7-27-29/h4-7,9-11,13,18H,2-3,8,12H2,1H3,(H,23,24,25)/t13-,18?/m1/s1. The molecule has 0 aliphatic carbocycles. The van der Waals surface area contributed by atoms with Crippen LogP contribution in [0.1, 0.15) is 30.1 Å². The molecule has 1 saturated heterocycles. The van der Waals surface area contributed by atoms with Crippen molar-refractivity contribution in [1.82, 2.24) is 29.9 Å². The molecule has 0 radical (unpaired) electrons. The van der Waals surface area contributed by atoms with Crippen molar-refractivity contribution in [2.75, 3.05) is 18.4 Å². The predicted molar refractivity (Wildman–Crippen MR) is 115 cm³/mol. The molecule has 1 aliphatic rings. The van der Waals surface area contributed by atoms with Crippen molar-refractivity contribution >= 4 is 35.1 Å². The first-order chi connectivity index (χ1) is 14.5. The lowest BCUT2D eigenvalue weighted by atomic mass is 9.90. The lowest BCUT2D eigenvalue weighted by Crippen LogP contribution is -2.51. The van der Waals surface area contributed by atoms with Crippen LogP contribution in [0.15, 0.2) is 43.0 Å². The van der Waals surface area contributed by atoms with Crippen LogP contribution in [0.4, 0.5) is 5.95 Å². The summed E-state index contributed by atoms with van der Waals surface area (Å²) < 4.78 is 0. The number of benzene rings is 1. The largest absolute Gasteiger partial charge is 0.352 e. The number of piperidine rings is 1. The van der Waals surface area contributed by atoms with Crippen LogP contribution < -0.4 is 5.32 Å². The highest BCUT2D eigenvalue weighted by atomic mass is 35.5. The minimum atomic E-state index is -0.0747. The molecule has 0 bridgehead atoms. The third kappa shape index (κ3) is 4.39. The molecule has 2 atom stereocenters. The van der Waals surface area contributed by atoms with E-state index in [0.717, 1.165) is 12.8 Å². The van der Waals surface area contributed by atoms with Crippen molar-refractivity contribution in [3.05, 3.63) is 58.6 Å². The Morgan fingerprint density at radius 3 is 2.63 bits per heavy atom. The van der Waals surface area contributed by atoms with Gasteiger partial charge in [0.25, 0.3) is 5.91 Å². The molecule has 0 spiro atoms. The number of carbonyl (C=O) groups is 1. The van der Waals surface area contributed by atoms with E-state index in [1.165, 1.54) is 4.80 Å². The second kappa shape index (κ2) is 8.97. The van der Waals surface area contributed by atoms with E-state index in [1.54, 1.807) is 43.0 Å². The zero-order valence-electron chi connectivity index (χ0n) is 16.4. The summed E-state index contributed by atoms with van der Waals surface area (Å²) in [6, 6.07) is 5.13. The summed E-state index contributed by atoms with van der Waals surface area (Å²) in [4.78, 5) is 25.3. The topological polar surface area (TPSA) is 88.8 Å². The molecule has 1 aromatic carbocycles. The number of halogens is 2. The summed E-state index contributed by atoms with van der Waals surface area (Å²) in [6.45, 7) is 3.37. The normalized spacial score (nSPS) is 19.0. The highest BCUT2D eigenvalue weighted by Crippen LogP contribution is 2.28. The molecule has 1 fully saturated rings. The van der Waals surface area contributed by atoms with Gasteiger partial charge in [-0.3, -0.25) is 4.79 Å². The second-order valence-corrected chi connectivity index (χ2v) is 8.14. The summed E-state index contributed by atoms with van der Waals surface area (Å²) in [6.07, 6.45) is 8.21. The Morgan fingerprint density at radius 1 is 1.17 bits per heavy atom. The zero-order chi connectivity index (χ0) is 21.1. The van der Waals surface area contributed by atoms with E-state index in [2.05, 4.69) is 32.4 Å². The Bertz CT molecular complexity index is 1010. The van der Waals surface area contributed by atoms with Gasteiger partial charge in [0.2, 0.25) is 5.95 Å². The third-order valence-electron chi connectivity index (χ3n) is 5.29. The quantitative estimate of drug-likeness (QED) is 0.643. The van der Waals surface area contributed by atoms with Gasteiger partial charge in [0.15, 0.2) is 0 Å². The first kappa shape index (κ1) is 20.6. The first-order valence-electron chi connectivity index (χ1n) is 9.71. The first-order valence-corrected chi connectivity index (χ1v) is 10.5. The Morgan fingerprint density at radius 2 is 1.90 bits per heavy atom. The van der Waals surface area contributed by atoms with Crippen LogP contribution in [0, 0.1) is 5.92 Å². The molecule has 3 heterocycles. The molecule has 1 unspecified atom stereocenters. The maximum atomic E-state index is 13.6. The number of likely N-dealkylation sites (tertiary alicyclic amines) is 1. The summed E-state index contributed by atoms with van der Waals surface area (Å²) in [5.74, 6) is 0.730. The van der Waals surface area contributed by atoms with Gasteiger partial charge >= 0.3 is 0 Å². The van der Waals surface area contributed by atoms with E-state index in [0.29, 0.717) is 46.3 Å². The SMILES string of the molecule is C[C@@H]1CCCN(C(=O)c2ccc(Cl)cc2-n2nccn2)C1CNc1ncc(Cl)cn1. The van der Waals surface area contributed by atoms with Gasteiger partial charge in [-0.05, 0) is 37.0 Å². The number of amides is 1. The maximum Gasteiger partial charge on any atom is 0.256 e. The van der Waals surface area contributed by atoms with Crippen LogP contribution in [-0.2, 0) is 0 Å². The summed E-state index contributed by atoms with van der Waals surface area (Å²) in [7, 11) is 0. The van der Waals surface area contributed by atoms with Crippen LogP contribution in [0.2, 0.25) is 10.0 Å². The van der Waals surface area contributed by atoms with Gasteiger partial charge in [0.05, 0.1) is 47.1 Å². The molecule has 1 amide bonds. The lowest BCUT2D eigenvalue weighted by Gasteiger charge is -2.40. The number of anilines is 1.